The normalized spacial score (nSPS) is 18.6. The van der Waals surface area contributed by atoms with Gasteiger partial charge in [-0.25, -0.2) is 0 Å². The van der Waals surface area contributed by atoms with Crippen LogP contribution in [0.4, 0.5) is 5.82 Å². The van der Waals surface area contributed by atoms with E-state index in [-0.39, 0.29) is 36.2 Å². The maximum atomic E-state index is 13.3. The van der Waals surface area contributed by atoms with Crippen molar-refractivity contribution in [3.63, 3.8) is 0 Å². The molecule has 0 aliphatic carbocycles. The first kappa shape index (κ1) is 22.5. The Hall–Kier alpha value is -3.34. The molecule has 2 amide bonds. The number of aryl methyl sites for hydroxylation is 1. The molecular weight excluding hydrogens is 454 g/mol. The lowest BCUT2D eigenvalue weighted by Gasteiger charge is -2.39. The highest BCUT2D eigenvalue weighted by molar-refractivity contribution is 7.99. The van der Waals surface area contributed by atoms with Crippen LogP contribution in [0.15, 0.2) is 40.0 Å². The second-order valence-corrected chi connectivity index (χ2v) is 9.72. The number of thioether (sulfide) groups is 1. The van der Waals surface area contributed by atoms with E-state index >= 15 is 0 Å². The number of carbonyl (C=O) groups excluding carboxylic acids is 2. The van der Waals surface area contributed by atoms with Gasteiger partial charge in [0.25, 0.3) is 0 Å². The van der Waals surface area contributed by atoms with Gasteiger partial charge in [0.1, 0.15) is 12.3 Å². The standard InChI is InChI=1S/C23H27N7O3S/c1-14-7-6-8-15(2)29(14)21(32)12-28-17-9-4-5-10-18(17)30-22(28)25-26-23(30)34-13-20(31)24-19-11-16(3)33-27-19/h4-5,9-11,14-15H,6-8,12-13H2,1-3H3,(H,24,27,31)/t14-,15-/m0/s1. The molecule has 4 aromatic rings. The van der Waals surface area contributed by atoms with Crippen molar-refractivity contribution in [3.8, 4) is 0 Å². The van der Waals surface area contributed by atoms with Crippen molar-refractivity contribution in [1.82, 2.24) is 29.2 Å². The zero-order valence-electron chi connectivity index (χ0n) is 19.4. The molecule has 1 saturated heterocycles. The Morgan fingerprint density at radius 3 is 2.59 bits per heavy atom. The molecule has 0 saturated carbocycles. The number of fused-ring (bicyclic) bond motifs is 3. The molecule has 2 atom stereocenters. The molecular formula is C23H27N7O3S. The van der Waals surface area contributed by atoms with Crippen molar-refractivity contribution in [1.29, 1.82) is 0 Å². The van der Waals surface area contributed by atoms with E-state index in [1.54, 1.807) is 13.0 Å². The summed E-state index contributed by atoms with van der Waals surface area (Å²) in [5.41, 5.74) is 1.80. The lowest BCUT2D eigenvalue weighted by Crippen LogP contribution is -2.48. The summed E-state index contributed by atoms with van der Waals surface area (Å²) in [4.78, 5) is 27.7. The van der Waals surface area contributed by atoms with Crippen LogP contribution < -0.4 is 5.32 Å². The lowest BCUT2D eigenvalue weighted by molar-refractivity contribution is -0.137. The topological polar surface area (TPSA) is 111 Å². The van der Waals surface area contributed by atoms with Gasteiger partial charge in [0.05, 0.1) is 16.8 Å². The third-order valence-corrected chi connectivity index (χ3v) is 7.20. The highest BCUT2D eigenvalue weighted by Gasteiger charge is 2.30. The minimum absolute atomic E-state index is 0.0856. The number of carbonyl (C=O) groups is 2. The quantitative estimate of drug-likeness (QED) is 0.420. The number of nitrogens with zero attached hydrogens (tertiary/aromatic N) is 6. The van der Waals surface area contributed by atoms with E-state index in [0.29, 0.717) is 22.5 Å². The SMILES string of the molecule is Cc1cc(NC(=O)CSc2nnc3n(CC(=O)N4[C@@H](C)CCC[C@@H]4C)c4ccccc4n23)no1. The van der Waals surface area contributed by atoms with Crippen LogP contribution in [-0.2, 0) is 16.1 Å². The van der Waals surface area contributed by atoms with Crippen molar-refractivity contribution in [2.75, 3.05) is 11.1 Å². The number of benzene rings is 1. The lowest BCUT2D eigenvalue weighted by atomic mass is 9.97. The highest BCUT2D eigenvalue weighted by atomic mass is 32.2. The fraction of sp³-hybridized carbons (Fsp3) is 0.435. The average molecular weight is 482 g/mol. The van der Waals surface area contributed by atoms with Gasteiger partial charge >= 0.3 is 0 Å². The largest absolute Gasteiger partial charge is 0.360 e. The van der Waals surface area contributed by atoms with E-state index < -0.39 is 0 Å². The van der Waals surface area contributed by atoms with Crippen LogP contribution in [0.25, 0.3) is 16.8 Å². The number of hydrogen-bond donors (Lipinski definition) is 1. The highest BCUT2D eigenvalue weighted by Crippen LogP contribution is 2.28. The first-order valence-electron chi connectivity index (χ1n) is 11.4. The number of aromatic nitrogens is 5. The van der Waals surface area contributed by atoms with E-state index in [1.165, 1.54) is 11.8 Å². The van der Waals surface area contributed by atoms with Crippen LogP contribution in [0.2, 0.25) is 0 Å². The van der Waals surface area contributed by atoms with Crippen molar-refractivity contribution in [2.45, 2.75) is 63.8 Å². The van der Waals surface area contributed by atoms with Gasteiger partial charge in [-0.3, -0.25) is 18.6 Å². The molecule has 4 heterocycles. The van der Waals surface area contributed by atoms with Gasteiger partial charge in [-0.05, 0) is 52.2 Å². The second kappa shape index (κ2) is 9.13. The zero-order chi connectivity index (χ0) is 23.8. The molecule has 5 rings (SSSR count). The van der Waals surface area contributed by atoms with E-state index in [1.807, 2.05) is 38.1 Å². The third-order valence-electron chi connectivity index (χ3n) is 6.27. The molecule has 1 aliphatic rings. The van der Waals surface area contributed by atoms with Crippen LogP contribution in [0.3, 0.4) is 0 Å². The minimum atomic E-state index is -0.220. The van der Waals surface area contributed by atoms with Gasteiger partial charge in [0.15, 0.2) is 11.0 Å². The van der Waals surface area contributed by atoms with Gasteiger partial charge < -0.3 is 14.7 Å². The maximum absolute atomic E-state index is 13.3. The number of hydrogen-bond acceptors (Lipinski definition) is 7. The molecule has 0 unspecified atom stereocenters. The number of para-hydroxylation sites is 2. The third kappa shape index (κ3) is 4.15. The van der Waals surface area contributed by atoms with Crippen LogP contribution in [0.1, 0.15) is 38.9 Å². The molecule has 10 nitrogen and oxygen atoms in total. The molecule has 11 heteroatoms. The summed E-state index contributed by atoms with van der Waals surface area (Å²) in [6, 6.07) is 9.96. The van der Waals surface area contributed by atoms with Gasteiger partial charge in [-0.1, -0.05) is 29.1 Å². The fourth-order valence-corrected chi connectivity index (χ4v) is 5.49. The number of nitrogens with one attached hydrogen (secondary N) is 1. The molecule has 3 aromatic heterocycles. The summed E-state index contributed by atoms with van der Waals surface area (Å²) >= 11 is 1.28. The molecule has 1 N–H and O–H groups in total. The summed E-state index contributed by atoms with van der Waals surface area (Å²) in [5, 5.41) is 15.8. The van der Waals surface area contributed by atoms with Crippen LogP contribution in [0, 0.1) is 6.92 Å². The second-order valence-electron chi connectivity index (χ2n) is 8.78. The first-order valence-corrected chi connectivity index (χ1v) is 12.4. The predicted octanol–water partition coefficient (Wildman–Crippen LogP) is 3.50. The summed E-state index contributed by atoms with van der Waals surface area (Å²) < 4.78 is 8.81. The summed E-state index contributed by atoms with van der Waals surface area (Å²) in [5.74, 6) is 1.59. The zero-order valence-corrected chi connectivity index (χ0v) is 20.2. The minimum Gasteiger partial charge on any atom is -0.360 e. The molecule has 0 spiro atoms. The van der Waals surface area contributed by atoms with Crippen molar-refractivity contribution >= 4 is 46.2 Å². The van der Waals surface area contributed by atoms with Crippen molar-refractivity contribution < 1.29 is 14.1 Å². The van der Waals surface area contributed by atoms with Crippen LogP contribution >= 0.6 is 11.8 Å². The number of likely N-dealkylation sites (tertiary alicyclic amines) is 1. The number of imidazole rings is 1. The first-order chi connectivity index (χ1) is 16.4. The Morgan fingerprint density at radius 2 is 1.88 bits per heavy atom. The smallest absolute Gasteiger partial charge is 0.243 e. The van der Waals surface area contributed by atoms with E-state index in [9.17, 15) is 9.59 Å². The van der Waals surface area contributed by atoms with Crippen molar-refractivity contribution in [2.24, 2.45) is 0 Å². The number of anilines is 1. The van der Waals surface area contributed by atoms with E-state index in [0.717, 1.165) is 30.3 Å². The molecule has 178 valence electrons. The Morgan fingerprint density at radius 1 is 1.15 bits per heavy atom. The number of amides is 2. The molecule has 1 fully saturated rings. The summed E-state index contributed by atoms with van der Waals surface area (Å²) in [6.45, 7) is 6.19. The molecule has 34 heavy (non-hydrogen) atoms. The fourth-order valence-electron chi connectivity index (χ4n) is 4.75. The number of rotatable bonds is 6. The van der Waals surface area contributed by atoms with Gasteiger partial charge in [0, 0.05) is 18.2 Å². The van der Waals surface area contributed by atoms with E-state index in [2.05, 4.69) is 34.5 Å². The average Bonchev–Trinajstić information content (AvgIpc) is 3.48. The van der Waals surface area contributed by atoms with Gasteiger partial charge in [-0.15, -0.1) is 10.2 Å². The van der Waals surface area contributed by atoms with Crippen LogP contribution in [-0.4, -0.2) is 58.9 Å². The summed E-state index contributed by atoms with van der Waals surface area (Å²) in [6.07, 6.45) is 3.20. The molecule has 0 bridgehead atoms. The van der Waals surface area contributed by atoms with Gasteiger partial charge in [-0.2, -0.15) is 0 Å². The maximum Gasteiger partial charge on any atom is 0.243 e. The monoisotopic (exact) mass is 481 g/mol. The Kier molecular flexibility index (Phi) is 6.03. The van der Waals surface area contributed by atoms with Gasteiger partial charge in [0.2, 0.25) is 17.6 Å². The number of piperidine rings is 1. The molecule has 1 aliphatic heterocycles. The predicted molar refractivity (Wildman–Crippen MR) is 129 cm³/mol. The molecule has 1 aromatic carbocycles. The Balaban J connectivity index is 1.40. The van der Waals surface area contributed by atoms with Crippen LogP contribution in [0.5, 0.6) is 0 Å². The Labute approximate surface area is 200 Å². The van der Waals surface area contributed by atoms with E-state index in [4.69, 9.17) is 4.52 Å². The summed E-state index contributed by atoms with van der Waals surface area (Å²) in [7, 11) is 0. The van der Waals surface area contributed by atoms with Crippen molar-refractivity contribution in [3.05, 3.63) is 36.1 Å². The molecule has 0 radical (unpaired) electrons. The Bertz CT molecular complexity index is 1350.